The zero-order valence-corrected chi connectivity index (χ0v) is 20.9. The molecule has 0 aliphatic carbocycles. The van der Waals surface area contributed by atoms with Gasteiger partial charge in [0.25, 0.3) is 0 Å². The molecule has 1 N–H and O–H groups in total. The predicted molar refractivity (Wildman–Crippen MR) is 138 cm³/mol. The summed E-state index contributed by atoms with van der Waals surface area (Å²) in [5.41, 5.74) is 4.37. The molecular weight excluding hydrogens is 439 g/mol. The van der Waals surface area contributed by atoms with Gasteiger partial charge in [0.2, 0.25) is 11.8 Å². The molecule has 0 bridgehead atoms. The minimum atomic E-state index is -0.757. The highest BCUT2D eigenvalue weighted by atomic mass is 19.1. The van der Waals surface area contributed by atoms with E-state index in [4.69, 9.17) is 0 Å². The molecule has 4 nitrogen and oxygen atoms in total. The molecule has 1 atom stereocenters. The van der Waals surface area contributed by atoms with Crippen LogP contribution >= 0.6 is 0 Å². The van der Waals surface area contributed by atoms with Gasteiger partial charge in [-0.25, -0.2) is 4.39 Å². The zero-order chi connectivity index (χ0) is 25.2. The number of aryl methyl sites for hydroxylation is 2. The Labute approximate surface area is 208 Å². The van der Waals surface area contributed by atoms with Gasteiger partial charge in [0, 0.05) is 25.1 Å². The maximum Gasteiger partial charge on any atom is 0.243 e. The molecule has 0 aliphatic rings. The van der Waals surface area contributed by atoms with Crippen LogP contribution in [0.5, 0.6) is 0 Å². The van der Waals surface area contributed by atoms with Crippen molar-refractivity contribution in [2.75, 3.05) is 6.54 Å². The van der Waals surface area contributed by atoms with Gasteiger partial charge in [-0.3, -0.25) is 9.59 Å². The lowest BCUT2D eigenvalue weighted by atomic mass is 10.00. The molecule has 2 amide bonds. The fraction of sp³-hybridized carbons (Fsp3) is 0.333. The highest BCUT2D eigenvalue weighted by Gasteiger charge is 2.30. The Morgan fingerprint density at radius 1 is 0.914 bits per heavy atom. The van der Waals surface area contributed by atoms with Crippen molar-refractivity contribution in [3.8, 4) is 0 Å². The van der Waals surface area contributed by atoms with Gasteiger partial charge in [0.05, 0.1) is 6.42 Å². The molecule has 3 rings (SSSR count). The molecule has 0 radical (unpaired) electrons. The summed E-state index contributed by atoms with van der Waals surface area (Å²) >= 11 is 0. The van der Waals surface area contributed by atoms with E-state index in [-0.39, 0.29) is 30.6 Å². The first kappa shape index (κ1) is 26.1. The van der Waals surface area contributed by atoms with Crippen LogP contribution < -0.4 is 5.32 Å². The Kier molecular flexibility index (Phi) is 9.59. The van der Waals surface area contributed by atoms with E-state index < -0.39 is 6.04 Å². The number of benzene rings is 3. The van der Waals surface area contributed by atoms with Gasteiger partial charge in [-0.15, -0.1) is 0 Å². The van der Waals surface area contributed by atoms with Gasteiger partial charge in [-0.05, 0) is 37.5 Å². The van der Waals surface area contributed by atoms with E-state index >= 15 is 0 Å². The van der Waals surface area contributed by atoms with Crippen LogP contribution in [0.15, 0.2) is 72.8 Å². The van der Waals surface area contributed by atoms with Crippen LogP contribution in [0.25, 0.3) is 0 Å². The van der Waals surface area contributed by atoms with Crippen LogP contribution in [0.3, 0.4) is 0 Å². The Morgan fingerprint density at radius 2 is 1.57 bits per heavy atom. The summed E-state index contributed by atoms with van der Waals surface area (Å²) < 4.78 is 14.6. The van der Waals surface area contributed by atoms with Crippen LogP contribution in [0.1, 0.15) is 47.6 Å². The lowest BCUT2D eigenvalue weighted by Crippen LogP contribution is -2.51. The Bertz CT molecular complexity index is 1110. The second-order valence-corrected chi connectivity index (χ2v) is 9.14. The Balaban J connectivity index is 1.97. The van der Waals surface area contributed by atoms with Crippen molar-refractivity contribution >= 4 is 11.8 Å². The number of carbonyl (C=O) groups excluding carboxylic acids is 2. The zero-order valence-electron chi connectivity index (χ0n) is 20.9. The van der Waals surface area contributed by atoms with Crippen molar-refractivity contribution < 1.29 is 14.0 Å². The average Bonchev–Trinajstić information content (AvgIpc) is 2.82. The largest absolute Gasteiger partial charge is 0.354 e. The molecule has 3 aromatic carbocycles. The number of hydrogen-bond acceptors (Lipinski definition) is 2. The number of nitrogens with one attached hydrogen (secondary N) is 1. The fourth-order valence-corrected chi connectivity index (χ4v) is 4.32. The van der Waals surface area contributed by atoms with Gasteiger partial charge < -0.3 is 10.2 Å². The van der Waals surface area contributed by atoms with Crippen molar-refractivity contribution in [3.05, 3.63) is 106 Å². The number of carbonyl (C=O) groups is 2. The quantitative estimate of drug-likeness (QED) is 0.371. The van der Waals surface area contributed by atoms with Crippen molar-refractivity contribution in [2.45, 2.75) is 59.0 Å². The van der Waals surface area contributed by atoms with E-state index in [0.717, 1.165) is 35.1 Å². The molecule has 0 saturated heterocycles. The molecule has 0 unspecified atom stereocenters. The third-order valence-electron chi connectivity index (χ3n) is 6.04. The molecule has 0 spiro atoms. The van der Waals surface area contributed by atoms with Gasteiger partial charge >= 0.3 is 0 Å². The van der Waals surface area contributed by atoms with E-state index in [2.05, 4.69) is 18.3 Å². The van der Waals surface area contributed by atoms with E-state index in [1.807, 2.05) is 56.3 Å². The summed E-state index contributed by atoms with van der Waals surface area (Å²) in [6.07, 6.45) is 2.30. The molecule has 184 valence electrons. The third kappa shape index (κ3) is 7.78. The molecule has 0 aromatic heterocycles. The highest BCUT2D eigenvalue weighted by molar-refractivity contribution is 5.88. The molecule has 35 heavy (non-hydrogen) atoms. The number of amides is 2. The van der Waals surface area contributed by atoms with Crippen LogP contribution in [0.4, 0.5) is 4.39 Å². The second kappa shape index (κ2) is 12.8. The molecule has 0 fully saturated rings. The van der Waals surface area contributed by atoms with Crippen molar-refractivity contribution in [1.82, 2.24) is 10.2 Å². The minimum absolute atomic E-state index is 0.0228. The Morgan fingerprint density at radius 3 is 2.23 bits per heavy atom. The summed E-state index contributed by atoms with van der Waals surface area (Å²) in [5, 5.41) is 3.00. The lowest BCUT2D eigenvalue weighted by molar-refractivity contribution is -0.140. The first-order valence-corrected chi connectivity index (χ1v) is 12.3. The van der Waals surface area contributed by atoms with Crippen molar-refractivity contribution in [2.24, 2.45) is 0 Å². The fourth-order valence-electron chi connectivity index (χ4n) is 4.32. The normalized spacial score (nSPS) is 11.7. The van der Waals surface area contributed by atoms with E-state index in [0.29, 0.717) is 18.5 Å². The van der Waals surface area contributed by atoms with E-state index in [1.54, 1.807) is 23.1 Å². The lowest BCUT2D eigenvalue weighted by Gasteiger charge is -2.32. The molecule has 0 saturated carbocycles. The Hall–Kier alpha value is -3.47. The van der Waals surface area contributed by atoms with Crippen LogP contribution in [0, 0.1) is 19.7 Å². The summed E-state index contributed by atoms with van der Waals surface area (Å²) in [7, 11) is 0. The summed E-state index contributed by atoms with van der Waals surface area (Å²) in [6, 6.07) is 21.3. The smallest absolute Gasteiger partial charge is 0.243 e. The molecule has 3 aromatic rings. The SMILES string of the molecule is CCCCNC(=O)[C@@H](Cc1ccccc1)N(Cc1ccccc1F)C(=O)Cc1cc(C)cc(C)c1. The molecule has 0 aliphatic heterocycles. The monoisotopic (exact) mass is 474 g/mol. The van der Waals surface area contributed by atoms with Gasteiger partial charge in [0.1, 0.15) is 11.9 Å². The molecule has 0 heterocycles. The van der Waals surface area contributed by atoms with Gasteiger partial charge in [-0.2, -0.15) is 0 Å². The third-order valence-corrected chi connectivity index (χ3v) is 6.04. The highest BCUT2D eigenvalue weighted by Crippen LogP contribution is 2.19. The number of nitrogens with zero attached hydrogens (tertiary/aromatic N) is 1. The standard InChI is InChI=1S/C30H35FN2O2/c1-4-5-15-32-30(35)28(19-24-11-7-6-8-12-24)33(21-26-13-9-10-14-27(26)31)29(34)20-25-17-22(2)16-23(3)18-25/h6-14,16-18,28H,4-5,15,19-21H2,1-3H3,(H,32,35)/t28-/m1/s1. The van der Waals surface area contributed by atoms with Crippen molar-refractivity contribution in [3.63, 3.8) is 0 Å². The van der Waals surface area contributed by atoms with Crippen LogP contribution in [-0.4, -0.2) is 29.3 Å². The first-order chi connectivity index (χ1) is 16.9. The summed E-state index contributed by atoms with van der Waals surface area (Å²) in [6.45, 7) is 6.62. The second-order valence-electron chi connectivity index (χ2n) is 9.14. The molecule has 5 heteroatoms. The number of unbranched alkanes of at least 4 members (excludes halogenated alkanes) is 1. The molecular formula is C30H35FN2O2. The minimum Gasteiger partial charge on any atom is -0.354 e. The summed E-state index contributed by atoms with van der Waals surface area (Å²) in [5.74, 6) is -0.807. The summed E-state index contributed by atoms with van der Waals surface area (Å²) in [4.78, 5) is 28.7. The van der Waals surface area contributed by atoms with Gasteiger partial charge in [-0.1, -0.05) is 91.2 Å². The predicted octanol–water partition coefficient (Wildman–Crippen LogP) is 5.54. The topological polar surface area (TPSA) is 49.4 Å². The van der Waals surface area contributed by atoms with E-state index in [9.17, 15) is 14.0 Å². The van der Waals surface area contributed by atoms with Crippen LogP contribution in [-0.2, 0) is 29.0 Å². The average molecular weight is 475 g/mol. The van der Waals surface area contributed by atoms with E-state index in [1.165, 1.54) is 6.07 Å². The number of halogens is 1. The number of rotatable bonds is 11. The first-order valence-electron chi connectivity index (χ1n) is 12.3. The maximum absolute atomic E-state index is 14.6. The maximum atomic E-state index is 14.6. The van der Waals surface area contributed by atoms with Crippen molar-refractivity contribution in [1.29, 1.82) is 0 Å². The number of hydrogen-bond donors (Lipinski definition) is 1. The van der Waals surface area contributed by atoms with Gasteiger partial charge in [0.15, 0.2) is 0 Å². The van der Waals surface area contributed by atoms with Crippen LogP contribution in [0.2, 0.25) is 0 Å².